The van der Waals surface area contributed by atoms with Crippen LogP contribution < -0.4 is 4.90 Å². The summed E-state index contributed by atoms with van der Waals surface area (Å²) in [6.45, 7) is 3.85. The topological polar surface area (TPSA) is 63.6 Å². The van der Waals surface area contributed by atoms with Gasteiger partial charge in [0.15, 0.2) is 0 Å². The first kappa shape index (κ1) is 20.6. The smallest absolute Gasteiger partial charge is 0.339 e. The molecule has 0 spiro atoms. The second kappa shape index (κ2) is 8.88. The molecule has 1 heterocycles. The molecule has 2 N–H and O–H groups in total. The van der Waals surface area contributed by atoms with Crippen LogP contribution in [0.15, 0.2) is 60.7 Å². The van der Waals surface area contributed by atoms with E-state index in [-0.39, 0.29) is 18.4 Å². The molecule has 0 bridgehead atoms. The van der Waals surface area contributed by atoms with Gasteiger partial charge in [0.2, 0.25) is 5.78 Å². The van der Waals surface area contributed by atoms with Gasteiger partial charge in [-0.1, -0.05) is 60.7 Å². The predicted octanol–water partition coefficient (Wildman–Crippen LogP) is 2.91. The van der Waals surface area contributed by atoms with E-state index >= 15 is 0 Å². The van der Waals surface area contributed by atoms with Crippen LogP contribution in [0.1, 0.15) is 49.3 Å². The number of aryl methyl sites for hydroxylation is 1. The van der Waals surface area contributed by atoms with E-state index in [4.69, 9.17) is 4.74 Å². The van der Waals surface area contributed by atoms with Crippen molar-refractivity contribution < 1.29 is 19.2 Å². The summed E-state index contributed by atoms with van der Waals surface area (Å²) in [5, 5.41) is 0. The molecule has 0 saturated heterocycles. The number of Topliss-reactive ketones (excluding diaryl/α,β-unsaturated/α-hetero) is 1. The lowest BCUT2D eigenvalue weighted by atomic mass is 9.97. The highest BCUT2D eigenvalue weighted by Gasteiger charge is 2.28. The molecular weight excluding hydrogens is 364 g/mol. The molecule has 0 aliphatic carbocycles. The highest BCUT2D eigenvalue weighted by Crippen LogP contribution is 2.21. The van der Waals surface area contributed by atoms with E-state index in [9.17, 15) is 9.59 Å². The van der Waals surface area contributed by atoms with Crippen LogP contribution in [0.2, 0.25) is 0 Å². The Morgan fingerprint density at radius 1 is 0.966 bits per heavy atom. The Morgan fingerprint density at radius 3 is 1.97 bits per heavy atom. The Balaban J connectivity index is 1.90. The number of likely N-dealkylation sites (N-methyl/N-ethyl adjacent to an activating group) is 1. The summed E-state index contributed by atoms with van der Waals surface area (Å²) >= 11 is 0. The summed E-state index contributed by atoms with van der Waals surface area (Å²) in [6.07, 6.45) is 0. The number of methoxy groups -OCH3 is 1. The summed E-state index contributed by atoms with van der Waals surface area (Å²) in [5.74, 6) is -0.461. The zero-order chi connectivity index (χ0) is 21.0. The number of carbonyl (C=O) groups excluding carboxylic acids is 2. The number of carbonyl (C=O) groups is 2. The maximum atomic E-state index is 13.1. The summed E-state index contributed by atoms with van der Waals surface area (Å²) in [6, 6.07) is 20.4. The van der Waals surface area contributed by atoms with Crippen LogP contribution in [0, 0.1) is 13.8 Å². The first-order chi connectivity index (χ1) is 13.9. The first-order valence-corrected chi connectivity index (χ1v) is 9.67. The maximum Gasteiger partial charge on any atom is 0.339 e. The summed E-state index contributed by atoms with van der Waals surface area (Å²) in [5.41, 5.74) is 4.51. The lowest BCUT2D eigenvalue weighted by Crippen LogP contribution is -3.10. The third kappa shape index (κ3) is 4.30. The van der Waals surface area contributed by atoms with Gasteiger partial charge < -0.3 is 14.6 Å². The first-order valence-electron chi connectivity index (χ1n) is 9.67. The molecule has 2 aromatic carbocycles. The fourth-order valence-corrected chi connectivity index (χ4v) is 3.93. The number of rotatable bonds is 7. The SMILES string of the molecule is COC(=O)c1c(C)[nH]c(C(=O)C[NH+](C)C(c2ccccc2)c2ccccc2)c1C. The Bertz CT molecular complexity index is 954. The average Bonchev–Trinajstić information content (AvgIpc) is 3.03. The minimum atomic E-state index is -0.428. The van der Waals surface area contributed by atoms with Crippen molar-refractivity contribution in [2.75, 3.05) is 20.7 Å². The molecule has 5 nitrogen and oxygen atoms in total. The van der Waals surface area contributed by atoms with Crippen molar-refractivity contribution in [3.05, 3.63) is 94.3 Å². The molecule has 0 aliphatic rings. The molecular formula is C24H27N2O3+. The van der Waals surface area contributed by atoms with Gasteiger partial charge in [0.25, 0.3) is 0 Å². The van der Waals surface area contributed by atoms with E-state index in [2.05, 4.69) is 29.2 Å². The van der Waals surface area contributed by atoms with E-state index in [1.807, 2.05) is 43.4 Å². The lowest BCUT2D eigenvalue weighted by Gasteiger charge is -2.25. The van der Waals surface area contributed by atoms with E-state index in [0.29, 0.717) is 22.5 Å². The van der Waals surface area contributed by atoms with Crippen LogP contribution in [0.3, 0.4) is 0 Å². The minimum absolute atomic E-state index is 0.0257. The van der Waals surface area contributed by atoms with Gasteiger partial charge in [-0.2, -0.15) is 0 Å². The third-order valence-corrected chi connectivity index (χ3v) is 5.30. The van der Waals surface area contributed by atoms with E-state index in [0.717, 1.165) is 16.0 Å². The van der Waals surface area contributed by atoms with Crippen LogP contribution in [-0.4, -0.2) is 37.4 Å². The number of aromatic nitrogens is 1. The predicted molar refractivity (Wildman–Crippen MR) is 112 cm³/mol. The molecule has 29 heavy (non-hydrogen) atoms. The molecule has 1 atom stereocenters. The van der Waals surface area contributed by atoms with E-state index < -0.39 is 5.97 Å². The molecule has 3 rings (SSSR count). The Kier molecular flexibility index (Phi) is 6.29. The molecule has 150 valence electrons. The van der Waals surface area contributed by atoms with Crippen molar-refractivity contribution >= 4 is 11.8 Å². The summed E-state index contributed by atoms with van der Waals surface area (Å²) < 4.78 is 4.85. The van der Waals surface area contributed by atoms with Gasteiger partial charge >= 0.3 is 5.97 Å². The Labute approximate surface area is 171 Å². The number of ether oxygens (including phenoxy) is 1. The van der Waals surface area contributed by atoms with Crippen LogP contribution >= 0.6 is 0 Å². The normalized spacial score (nSPS) is 12.0. The molecule has 0 fully saturated rings. The van der Waals surface area contributed by atoms with E-state index in [1.54, 1.807) is 13.8 Å². The van der Waals surface area contributed by atoms with Crippen molar-refractivity contribution in [1.29, 1.82) is 0 Å². The molecule has 0 amide bonds. The molecule has 3 aromatic rings. The number of hydrogen-bond acceptors (Lipinski definition) is 3. The largest absolute Gasteiger partial charge is 0.465 e. The highest BCUT2D eigenvalue weighted by molar-refractivity contribution is 6.01. The van der Waals surface area contributed by atoms with Gasteiger partial charge in [0, 0.05) is 16.8 Å². The molecule has 5 heteroatoms. The second-order valence-corrected chi connectivity index (χ2v) is 7.32. The number of ketones is 1. The zero-order valence-corrected chi connectivity index (χ0v) is 17.3. The Hall–Kier alpha value is -3.18. The molecule has 0 saturated carbocycles. The van der Waals surface area contributed by atoms with Gasteiger partial charge in [0.05, 0.1) is 25.4 Å². The standard InChI is InChI=1S/C24H26N2O3/c1-16-21(24(28)29-4)17(2)25-22(16)20(27)15-26(3)23(18-11-7-5-8-12-18)19-13-9-6-10-14-19/h5-14,23,25H,15H2,1-4H3/p+1. The average molecular weight is 391 g/mol. The summed E-state index contributed by atoms with van der Waals surface area (Å²) in [4.78, 5) is 29.3. The fraction of sp³-hybridized carbons (Fsp3) is 0.250. The second-order valence-electron chi connectivity index (χ2n) is 7.32. The number of nitrogens with one attached hydrogen (secondary N) is 2. The molecule has 1 unspecified atom stereocenters. The van der Waals surface area contributed by atoms with Gasteiger partial charge in [-0.15, -0.1) is 0 Å². The minimum Gasteiger partial charge on any atom is -0.465 e. The van der Waals surface area contributed by atoms with Crippen molar-refractivity contribution in [2.45, 2.75) is 19.9 Å². The van der Waals surface area contributed by atoms with Crippen molar-refractivity contribution in [1.82, 2.24) is 4.98 Å². The highest BCUT2D eigenvalue weighted by atomic mass is 16.5. The number of esters is 1. The number of benzene rings is 2. The fourth-order valence-electron chi connectivity index (χ4n) is 3.93. The quantitative estimate of drug-likeness (QED) is 0.481. The number of H-pyrrole nitrogens is 1. The van der Waals surface area contributed by atoms with Crippen molar-refractivity contribution in [3.63, 3.8) is 0 Å². The lowest BCUT2D eigenvalue weighted by molar-refractivity contribution is -0.897. The zero-order valence-electron chi connectivity index (χ0n) is 17.3. The molecule has 0 radical (unpaired) electrons. The van der Waals surface area contributed by atoms with E-state index in [1.165, 1.54) is 7.11 Å². The molecule has 0 aliphatic heterocycles. The summed E-state index contributed by atoms with van der Waals surface area (Å²) in [7, 11) is 3.37. The van der Waals surface area contributed by atoms with Gasteiger partial charge in [-0.25, -0.2) is 4.79 Å². The van der Waals surface area contributed by atoms with Gasteiger partial charge in [0.1, 0.15) is 12.6 Å². The van der Waals surface area contributed by atoms with Crippen molar-refractivity contribution in [3.8, 4) is 0 Å². The van der Waals surface area contributed by atoms with Gasteiger partial charge in [-0.3, -0.25) is 4.79 Å². The van der Waals surface area contributed by atoms with Crippen LogP contribution in [-0.2, 0) is 4.74 Å². The van der Waals surface area contributed by atoms with Gasteiger partial charge in [-0.05, 0) is 19.4 Å². The monoisotopic (exact) mass is 391 g/mol. The van der Waals surface area contributed by atoms with Crippen LogP contribution in [0.4, 0.5) is 0 Å². The Morgan fingerprint density at radius 2 is 1.48 bits per heavy atom. The van der Waals surface area contributed by atoms with Crippen LogP contribution in [0.25, 0.3) is 0 Å². The van der Waals surface area contributed by atoms with Crippen LogP contribution in [0.5, 0.6) is 0 Å². The number of aromatic amines is 1. The number of quaternary nitrogens is 1. The third-order valence-electron chi connectivity index (χ3n) is 5.30. The van der Waals surface area contributed by atoms with Crippen molar-refractivity contribution in [2.24, 2.45) is 0 Å². The maximum absolute atomic E-state index is 13.1. The molecule has 1 aromatic heterocycles. The number of hydrogen-bond donors (Lipinski definition) is 2.